The number of amides is 2. The maximum absolute atomic E-state index is 12.9. The summed E-state index contributed by atoms with van der Waals surface area (Å²) in [6.07, 6.45) is 7.70. The first-order valence-corrected chi connectivity index (χ1v) is 9.13. The minimum atomic E-state index is -0.180. The van der Waals surface area contributed by atoms with Crippen molar-refractivity contribution in [1.29, 1.82) is 0 Å². The quantitative estimate of drug-likeness (QED) is 0.835. The second-order valence-electron chi connectivity index (χ2n) is 7.57. The van der Waals surface area contributed by atoms with Crippen molar-refractivity contribution >= 4 is 11.8 Å². The number of aromatic nitrogens is 1. The normalized spacial score (nSPS) is 23.5. The molecular weight excluding hydrogens is 306 g/mol. The lowest BCUT2D eigenvalue weighted by Crippen LogP contribution is -2.65. The second-order valence-corrected chi connectivity index (χ2v) is 7.57. The van der Waals surface area contributed by atoms with Crippen molar-refractivity contribution in [3.8, 4) is 0 Å². The molecule has 0 N–H and O–H groups in total. The zero-order valence-corrected chi connectivity index (χ0v) is 14.3. The lowest BCUT2D eigenvalue weighted by molar-refractivity contribution is -0.141. The van der Waals surface area contributed by atoms with E-state index in [4.69, 9.17) is 4.52 Å². The number of hydrogen-bond donors (Lipinski definition) is 0. The molecule has 2 saturated carbocycles. The molecule has 0 atom stereocenters. The van der Waals surface area contributed by atoms with Gasteiger partial charge in [0.1, 0.15) is 5.76 Å². The van der Waals surface area contributed by atoms with E-state index in [1.165, 1.54) is 6.42 Å². The molecule has 6 heteroatoms. The average Bonchev–Trinajstić information content (AvgIpc) is 3.31. The zero-order valence-electron chi connectivity index (χ0n) is 14.3. The second kappa shape index (κ2) is 5.90. The summed E-state index contributed by atoms with van der Waals surface area (Å²) >= 11 is 0. The Hall–Kier alpha value is -1.85. The van der Waals surface area contributed by atoms with Crippen LogP contribution in [0, 0.1) is 0 Å². The Kier molecular flexibility index (Phi) is 3.85. The van der Waals surface area contributed by atoms with Crippen LogP contribution in [0.15, 0.2) is 10.6 Å². The Morgan fingerprint density at radius 2 is 1.96 bits per heavy atom. The molecule has 130 valence electrons. The van der Waals surface area contributed by atoms with Crippen LogP contribution in [0.5, 0.6) is 0 Å². The molecule has 2 amide bonds. The molecule has 1 aromatic heterocycles. The summed E-state index contributed by atoms with van der Waals surface area (Å²) in [6, 6.07) is 1.81. The standard InChI is InChI=1S/C18H25N3O3/c1-13(22)21-10-9-20(12-18(21)7-3-2-4-8-18)17(23)15-11-16(24-19-15)14-5-6-14/h11,14H,2-10,12H2,1H3. The molecule has 2 aliphatic carbocycles. The Balaban J connectivity index is 1.53. The van der Waals surface area contributed by atoms with Gasteiger partial charge in [0.15, 0.2) is 5.69 Å². The van der Waals surface area contributed by atoms with Crippen LogP contribution in [0.25, 0.3) is 0 Å². The largest absolute Gasteiger partial charge is 0.360 e. The van der Waals surface area contributed by atoms with Crippen LogP contribution in [0.1, 0.15) is 74.0 Å². The monoisotopic (exact) mass is 331 g/mol. The van der Waals surface area contributed by atoms with Crippen molar-refractivity contribution in [2.24, 2.45) is 0 Å². The van der Waals surface area contributed by atoms with Gasteiger partial charge >= 0.3 is 0 Å². The molecule has 1 aliphatic heterocycles. The third-order valence-corrected chi connectivity index (χ3v) is 5.83. The summed E-state index contributed by atoms with van der Waals surface area (Å²) in [7, 11) is 0. The summed E-state index contributed by atoms with van der Waals surface area (Å²) < 4.78 is 5.33. The van der Waals surface area contributed by atoms with Gasteiger partial charge in [-0.2, -0.15) is 0 Å². The average molecular weight is 331 g/mol. The summed E-state index contributed by atoms with van der Waals surface area (Å²) in [6.45, 7) is 3.46. The van der Waals surface area contributed by atoms with Gasteiger partial charge in [-0.25, -0.2) is 0 Å². The molecule has 0 unspecified atom stereocenters. The van der Waals surface area contributed by atoms with Crippen LogP contribution in [-0.4, -0.2) is 51.9 Å². The van der Waals surface area contributed by atoms with E-state index in [9.17, 15) is 9.59 Å². The Morgan fingerprint density at radius 3 is 2.62 bits per heavy atom. The van der Waals surface area contributed by atoms with Gasteiger partial charge in [-0.3, -0.25) is 9.59 Å². The molecule has 6 nitrogen and oxygen atoms in total. The zero-order chi connectivity index (χ0) is 16.7. The molecule has 1 saturated heterocycles. The van der Waals surface area contributed by atoms with Gasteiger partial charge in [0, 0.05) is 38.5 Å². The van der Waals surface area contributed by atoms with E-state index in [1.807, 2.05) is 15.9 Å². The van der Waals surface area contributed by atoms with Crippen molar-refractivity contribution in [3.63, 3.8) is 0 Å². The fourth-order valence-corrected chi connectivity index (χ4v) is 4.39. The van der Waals surface area contributed by atoms with Crippen molar-refractivity contribution in [2.75, 3.05) is 19.6 Å². The van der Waals surface area contributed by atoms with E-state index >= 15 is 0 Å². The summed E-state index contributed by atoms with van der Waals surface area (Å²) in [5, 5.41) is 3.99. The highest BCUT2D eigenvalue weighted by Gasteiger charge is 2.45. The number of hydrogen-bond acceptors (Lipinski definition) is 4. The Labute approximate surface area is 142 Å². The summed E-state index contributed by atoms with van der Waals surface area (Å²) in [4.78, 5) is 28.8. The first-order valence-electron chi connectivity index (χ1n) is 9.13. The van der Waals surface area contributed by atoms with Crippen LogP contribution in [0.2, 0.25) is 0 Å². The predicted octanol–water partition coefficient (Wildman–Crippen LogP) is 2.56. The molecule has 3 fully saturated rings. The highest BCUT2D eigenvalue weighted by atomic mass is 16.5. The number of carbonyl (C=O) groups excluding carboxylic acids is 2. The first kappa shape index (κ1) is 15.7. The molecule has 4 rings (SSSR count). The van der Waals surface area contributed by atoms with Gasteiger partial charge in [-0.15, -0.1) is 0 Å². The van der Waals surface area contributed by atoms with E-state index in [0.717, 1.165) is 44.3 Å². The summed E-state index contributed by atoms with van der Waals surface area (Å²) in [5.41, 5.74) is 0.236. The van der Waals surface area contributed by atoms with Crippen molar-refractivity contribution < 1.29 is 14.1 Å². The molecule has 2 heterocycles. The maximum atomic E-state index is 12.9. The Morgan fingerprint density at radius 1 is 1.21 bits per heavy atom. The lowest BCUT2D eigenvalue weighted by atomic mass is 9.78. The van der Waals surface area contributed by atoms with Gasteiger partial charge in [-0.1, -0.05) is 24.4 Å². The fourth-order valence-electron chi connectivity index (χ4n) is 4.39. The number of nitrogens with zero attached hydrogens (tertiary/aromatic N) is 3. The van der Waals surface area contributed by atoms with Crippen LogP contribution in [0.4, 0.5) is 0 Å². The van der Waals surface area contributed by atoms with E-state index in [2.05, 4.69) is 5.16 Å². The van der Waals surface area contributed by atoms with Crippen LogP contribution in [-0.2, 0) is 4.79 Å². The number of piperazine rings is 1. The SMILES string of the molecule is CC(=O)N1CCN(C(=O)c2cc(C3CC3)on2)CC12CCCCC2. The Bertz CT molecular complexity index is 644. The van der Waals surface area contributed by atoms with Crippen molar-refractivity contribution in [1.82, 2.24) is 15.0 Å². The van der Waals surface area contributed by atoms with Gasteiger partial charge in [-0.05, 0) is 25.7 Å². The molecular formula is C18H25N3O3. The molecule has 1 aromatic rings. The lowest BCUT2D eigenvalue weighted by Gasteiger charge is -2.52. The maximum Gasteiger partial charge on any atom is 0.276 e. The molecule has 1 spiro atoms. The van der Waals surface area contributed by atoms with E-state index in [0.29, 0.717) is 31.2 Å². The van der Waals surface area contributed by atoms with Gasteiger partial charge in [0.25, 0.3) is 5.91 Å². The molecule has 0 aromatic carbocycles. The van der Waals surface area contributed by atoms with Crippen LogP contribution < -0.4 is 0 Å². The highest BCUT2D eigenvalue weighted by molar-refractivity contribution is 5.92. The smallest absolute Gasteiger partial charge is 0.276 e. The van der Waals surface area contributed by atoms with E-state index < -0.39 is 0 Å². The highest BCUT2D eigenvalue weighted by Crippen LogP contribution is 2.40. The number of rotatable bonds is 2. The molecule has 0 radical (unpaired) electrons. The van der Waals surface area contributed by atoms with Gasteiger partial charge in [0.2, 0.25) is 5.91 Å². The first-order chi connectivity index (χ1) is 11.6. The molecule has 24 heavy (non-hydrogen) atoms. The van der Waals surface area contributed by atoms with Gasteiger partial charge < -0.3 is 14.3 Å². The van der Waals surface area contributed by atoms with Crippen LogP contribution >= 0.6 is 0 Å². The minimum Gasteiger partial charge on any atom is -0.360 e. The summed E-state index contributed by atoms with van der Waals surface area (Å²) in [5.74, 6) is 1.37. The third kappa shape index (κ3) is 2.72. The van der Waals surface area contributed by atoms with E-state index in [1.54, 1.807) is 6.92 Å². The minimum absolute atomic E-state index is 0.0567. The van der Waals surface area contributed by atoms with Crippen molar-refractivity contribution in [3.05, 3.63) is 17.5 Å². The van der Waals surface area contributed by atoms with Crippen LogP contribution in [0.3, 0.4) is 0 Å². The van der Waals surface area contributed by atoms with Gasteiger partial charge in [0.05, 0.1) is 5.54 Å². The topological polar surface area (TPSA) is 66.7 Å². The van der Waals surface area contributed by atoms with E-state index in [-0.39, 0.29) is 17.4 Å². The predicted molar refractivity (Wildman–Crippen MR) is 87.6 cm³/mol. The third-order valence-electron chi connectivity index (χ3n) is 5.83. The fraction of sp³-hybridized carbons (Fsp3) is 0.722. The molecule has 3 aliphatic rings. The van der Waals surface area contributed by atoms with Crippen molar-refractivity contribution in [2.45, 2.75) is 63.3 Å². The molecule has 0 bridgehead atoms. The number of carbonyl (C=O) groups is 2.